The first-order chi connectivity index (χ1) is 8.28. The summed E-state index contributed by atoms with van der Waals surface area (Å²) < 4.78 is 5.23. The van der Waals surface area contributed by atoms with Crippen LogP contribution in [0.3, 0.4) is 0 Å². The van der Waals surface area contributed by atoms with Gasteiger partial charge in [-0.2, -0.15) is 0 Å². The molecule has 2 aromatic heterocycles. The molecular formula is C11H15N5O. The van der Waals surface area contributed by atoms with Crippen molar-refractivity contribution in [3.63, 3.8) is 0 Å². The maximum absolute atomic E-state index is 5.31. The second kappa shape index (κ2) is 5.31. The Bertz CT molecular complexity index is 469. The minimum atomic E-state index is 0.595. The van der Waals surface area contributed by atoms with E-state index in [1.54, 1.807) is 12.3 Å². The van der Waals surface area contributed by atoms with Crippen molar-refractivity contribution in [1.82, 2.24) is 9.97 Å². The van der Waals surface area contributed by atoms with Gasteiger partial charge in [0.1, 0.15) is 23.2 Å². The number of nitrogen functional groups attached to an aromatic ring is 1. The van der Waals surface area contributed by atoms with Crippen LogP contribution in [0.5, 0.6) is 0 Å². The van der Waals surface area contributed by atoms with Crippen LogP contribution in [-0.2, 0) is 6.42 Å². The summed E-state index contributed by atoms with van der Waals surface area (Å²) >= 11 is 0. The van der Waals surface area contributed by atoms with Gasteiger partial charge in [-0.15, -0.1) is 0 Å². The first-order valence-electron chi connectivity index (χ1n) is 5.36. The molecule has 17 heavy (non-hydrogen) atoms. The predicted octanol–water partition coefficient (Wildman–Crippen LogP) is 1.32. The molecule has 0 aromatic carbocycles. The summed E-state index contributed by atoms with van der Waals surface area (Å²) in [5.41, 5.74) is 2.50. The minimum Gasteiger partial charge on any atom is -0.469 e. The highest BCUT2D eigenvalue weighted by Crippen LogP contribution is 2.10. The normalized spacial score (nSPS) is 10.2. The fraction of sp³-hybridized carbons (Fsp3) is 0.273. The van der Waals surface area contributed by atoms with Crippen molar-refractivity contribution in [2.24, 2.45) is 5.84 Å². The number of anilines is 2. The lowest BCUT2D eigenvalue weighted by Crippen LogP contribution is -2.12. The maximum atomic E-state index is 5.31. The fourth-order valence-corrected chi connectivity index (χ4v) is 1.50. The molecule has 6 nitrogen and oxygen atoms in total. The van der Waals surface area contributed by atoms with E-state index in [0.717, 1.165) is 24.5 Å². The van der Waals surface area contributed by atoms with Crippen molar-refractivity contribution < 1.29 is 4.42 Å². The van der Waals surface area contributed by atoms with Crippen molar-refractivity contribution in [3.05, 3.63) is 36.0 Å². The van der Waals surface area contributed by atoms with Gasteiger partial charge >= 0.3 is 0 Å². The highest BCUT2D eigenvalue weighted by molar-refractivity contribution is 5.46. The molecule has 0 saturated carbocycles. The molecule has 0 saturated heterocycles. The van der Waals surface area contributed by atoms with Crippen LogP contribution >= 0.6 is 0 Å². The molecule has 2 heterocycles. The maximum Gasteiger partial charge on any atom is 0.145 e. The number of nitrogens with zero attached hydrogens (tertiary/aromatic N) is 2. The molecule has 4 N–H and O–H groups in total. The number of hydrazine groups is 1. The van der Waals surface area contributed by atoms with E-state index >= 15 is 0 Å². The van der Waals surface area contributed by atoms with Crippen LogP contribution < -0.4 is 16.6 Å². The zero-order chi connectivity index (χ0) is 12.1. The van der Waals surface area contributed by atoms with Crippen molar-refractivity contribution in [1.29, 1.82) is 0 Å². The van der Waals surface area contributed by atoms with Crippen molar-refractivity contribution in [2.75, 3.05) is 17.3 Å². The summed E-state index contributed by atoms with van der Waals surface area (Å²) in [5.74, 6) is 8.27. The third-order valence-corrected chi connectivity index (χ3v) is 2.24. The molecule has 0 unspecified atom stereocenters. The third kappa shape index (κ3) is 3.18. The predicted molar refractivity (Wildman–Crippen MR) is 65.5 cm³/mol. The molecule has 0 bridgehead atoms. The minimum absolute atomic E-state index is 0.595. The Labute approximate surface area is 99.2 Å². The summed E-state index contributed by atoms with van der Waals surface area (Å²) in [7, 11) is 0. The van der Waals surface area contributed by atoms with Crippen LogP contribution in [0.4, 0.5) is 11.6 Å². The van der Waals surface area contributed by atoms with Crippen LogP contribution in [0.2, 0.25) is 0 Å². The molecule has 2 aromatic rings. The zero-order valence-electron chi connectivity index (χ0n) is 9.60. The second-order valence-electron chi connectivity index (χ2n) is 3.59. The molecule has 0 aliphatic carbocycles. The van der Waals surface area contributed by atoms with Gasteiger partial charge in [0.15, 0.2) is 0 Å². The summed E-state index contributed by atoms with van der Waals surface area (Å²) in [5, 5.41) is 3.19. The van der Waals surface area contributed by atoms with Crippen LogP contribution in [0.25, 0.3) is 0 Å². The number of hydrogen-bond acceptors (Lipinski definition) is 6. The molecular weight excluding hydrogens is 218 g/mol. The van der Waals surface area contributed by atoms with Crippen molar-refractivity contribution in [3.8, 4) is 0 Å². The zero-order valence-corrected chi connectivity index (χ0v) is 9.60. The monoisotopic (exact) mass is 233 g/mol. The Morgan fingerprint density at radius 2 is 2.18 bits per heavy atom. The van der Waals surface area contributed by atoms with Crippen LogP contribution in [0.15, 0.2) is 28.9 Å². The SMILES string of the molecule is Cc1nc(NN)cc(NCCc2ccco2)n1. The van der Waals surface area contributed by atoms with Crippen LogP contribution in [-0.4, -0.2) is 16.5 Å². The number of aryl methyl sites for hydroxylation is 1. The Balaban J connectivity index is 1.92. The smallest absolute Gasteiger partial charge is 0.145 e. The van der Waals surface area contributed by atoms with Crippen LogP contribution in [0.1, 0.15) is 11.6 Å². The van der Waals surface area contributed by atoms with Crippen molar-refractivity contribution in [2.45, 2.75) is 13.3 Å². The Kier molecular flexibility index (Phi) is 3.56. The molecule has 0 amide bonds. The number of hydrogen-bond donors (Lipinski definition) is 3. The summed E-state index contributed by atoms with van der Waals surface area (Å²) in [6.07, 6.45) is 2.47. The first-order valence-corrected chi connectivity index (χ1v) is 5.36. The number of furan rings is 1. The third-order valence-electron chi connectivity index (χ3n) is 2.24. The van der Waals surface area contributed by atoms with E-state index < -0.39 is 0 Å². The Morgan fingerprint density at radius 1 is 1.35 bits per heavy atom. The lowest BCUT2D eigenvalue weighted by atomic mass is 10.3. The molecule has 0 atom stereocenters. The lowest BCUT2D eigenvalue weighted by molar-refractivity contribution is 0.513. The number of nitrogens with two attached hydrogens (primary N) is 1. The van der Waals surface area contributed by atoms with E-state index in [1.807, 2.05) is 19.1 Å². The number of nitrogens with one attached hydrogen (secondary N) is 2. The average molecular weight is 233 g/mol. The van der Waals surface area contributed by atoms with Gasteiger partial charge in [-0.1, -0.05) is 0 Å². The van der Waals surface area contributed by atoms with Gasteiger partial charge in [0.05, 0.1) is 6.26 Å². The van der Waals surface area contributed by atoms with Crippen LogP contribution in [0, 0.1) is 6.92 Å². The molecule has 6 heteroatoms. The fourth-order valence-electron chi connectivity index (χ4n) is 1.50. The standard InChI is InChI=1S/C11H15N5O/c1-8-14-10(7-11(15-8)16-12)13-5-4-9-3-2-6-17-9/h2-3,6-7H,4-5,12H2,1H3,(H2,13,14,15,16). The molecule has 0 aliphatic rings. The molecule has 0 aliphatic heterocycles. The Hall–Kier alpha value is -2.08. The second-order valence-corrected chi connectivity index (χ2v) is 3.59. The van der Waals surface area contributed by atoms with E-state index in [2.05, 4.69) is 20.7 Å². The van der Waals surface area contributed by atoms with Gasteiger partial charge in [-0.05, 0) is 19.1 Å². The summed E-state index contributed by atoms with van der Waals surface area (Å²) in [6.45, 7) is 2.56. The lowest BCUT2D eigenvalue weighted by Gasteiger charge is -2.07. The highest BCUT2D eigenvalue weighted by atomic mass is 16.3. The van der Waals surface area contributed by atoms with E-state index in [9.17, 15) is 0 Å². The number of rotatable bonds is 5. The summed E-state index contributed by atoms with van der Waals surface area (Å²) in [4.78, 5) is 8.36. The van der Waals surface area contributed by atoms with Gasteiger partial charge in [0.2, 0.25) is 0 Å². The quantitative estimate of drug-likeness (QED) is 0.533. The average Bonchev–Trinajstić information content (AvgIpc) is 2.81. The van der Waals surface area contributed by atoms with E-state index in [-0.39, 0.29) is 0 Å². The molecule has 0 spiro atoms. The van der Waals surface area contributed by atoms with E-state index in [1.165, 1.54) is 0 Å². The number of aromatic nitrogens is 2. The largest absolute Gasteiger partial charge is 0.469 e. The first kappa shape index (κ1) is 11.4. The van der Waals surface area contributed by atoms with Crippen molar-refractivity contribution >= 4 is 11.6 Å². The van der Waals surface area contributed by atoms with Gasteiger partial charge in [0, 0.05) is 19.0 Å². The van der Waals surface area contributed by atoms with Gasteiger partial charge < -0.3 is 15.2 Å². The molecule has 0 radical (unpaired) electrons. The van der Waals surface area contributed by atoms with E-state index in [0.29, 0.717) is 11.6 Å². The van der Waals surface area contributed by atoms with Gasteiger partial charge in [0.25, 0.3) is 0 Å². The molecule has 90 valence electrons. The highest BCUT2D eigenvalue weighted by Gasteiger charge is 2.01. The van der Waals surface area contributed by atoms with E-state index in [4.69, 9.17) is 10.3 Å². The summed E-state index contributed by atoms with van der Waals surface area (Å²) in [6, 6.07) is 5.58. The Morgan fingerprint density at radius 3 is 2.88 bits per heavy atom. The van der Waals surface area contributed by atoms with Gasteiger partial charge in [-0.25, -0.2) is 15.8 Å². The van der Waals surface area contributed by atoms with Gasteiger partial charge in [-0.3, -0.25) is 0 Å². The molecule has 0 fully saturated rings. The molecule has 2 rings (SSSR count). The topological polar surface area (TPSA) is 89.0 Å².